The number of urea groups is 1. The number of amides is 2. The highest BCUT2D eigenvalue weighted by molar-refractivity contribution is 7.89. The second kappa shape index (κ2) is 14.7. The van der Waals surface area contributed by atoms with Gasteiger partial charge in [-0.15, -0.1) is 0 Å². The van der Waals surface area contributed by atoms with E-state index in [1.807, 2.05) is 26.0 Å². The maximum atomic E-state index is 12.8. The largest absolute Gasteiger partial charge is 0.328 e. The van der Waals surface area contributed by atoms with Gasteiger partial charge in [-0.3, -0.25) is 9.59 Å². The first-order chi connectivity index (χ1) is 16.3. The van der Waals surface area contributed by atoms with Crippen LogP contribution in [-0.2, 0) is 30.8 Å². The number of carbonyl (C=O) groups is 4. The summed E-state index contributed by atoms with van der Waals surface area (Å²) in [6, 6.07) is 4.71. The zero-order valence-corrected chi connectivity index (χ0v) is 22.2. The molecule has 9 nitrogen and oxygen atoms in total. The Morgan fingerprint density at radius 3 is 1.97 bits per heavy atom. The molecule has 1 rings (SSSR count). The average molecular weight is 510 g/mol. The molecule has 0 heterocycles. The van der Waals surface area contributed by atoms with Crippen LogP contribution in [0.5, 0.6) is 0 Å². The lowest BCUT2D eigenvalue weighted by atomic mass is 10.0. The summed E-state index contributed by atoms with van der Waals surface area (Å²) in [6.45, 7) is 8.36. The number of unbranched alkanes of at least 4 members (excludes halogenated alkanes) is 1. The monoisotopic (exact) mass is 509 g/mol. The van der Waals surface area contributed by atoms with Crippen LogP contribution < -0.4 is 15.4 Å². The molecular formula is C25H39N3O6S. The number of benzene rings is 1. The Kier molecular flexibility index (Phi) is 12.8. The third-order valence-corrected chi connectivity index (χ3v) is 7.04. The molecule has 0 aliphatic carbocycles. The first-order valence-electron chi connectivity index (χ1n) is 12.0. The van der Waals surface area contributed by atoms with Crippen LogP contribution in [0.2, 0.25) is 0 Å². The molecular weight excluding hydrogens is 470 g/mol. The number of rotatable bonds is 16. The SMILES string of the molecule is CC(=O)CCC(NC(=O)NC(CCCCNS(=O)(=O)c1ccccc1CC(C)C)C(C)=O)C(C)=O. The van der Waals surface area contributed by atoms with Crippen LogP contribution in [0.1, 0.15) is 72.3 Å². The third-order valence-electron chi connectivity index (χ3n) is 5.48. The van der Waals surface area contributed by atoms with Crippen LogP contribution in [-0.4, -0.2) is 50.4 Å². The van der Waals surface area contributed by atoms with Crippen molar-refractivity contribution in [2.24, 2.45) is 5.92 Å². The van der Waals surface area contributed by atoms with Crippen molar-refractivity contribution < 1.29 is 27.6 Å². The number of hydrogen-bond acceptors (Lipinski definition) is 6. The lowest BCUT2D eigenvalue weighted by Crippen LogP contribution is -2.50. The van der Waals surface area contributed by atoms with E-state index in [-0.39, 0.29) is 41.6 Å². The molecule has 196 valence electrons. The fraction of sp³-hybridized carbons (Fsp3) is 0.600. The Balaban J connectivity index is 2.57. The minimum absolute atomic E-state index is 0.0842. The summed E-state index contributed by atoms with van der Waals surface area (Å²) in [5, 5.41) is 5.09. The van der Waals surface area contributed by atoms with Crippen molar-refractivity contribution in [2.45, 2.75) is 90.1 Å². The number of ketones is 3. The van der Waals surface area contributed by atoms with E-state index >= 15 is 0 Å². The van der Waals surface area contributed by atoms with Crippen molar-refractivity contribution in [1.29, 1.82) is 0 Å². The summed E-state index contributed by atoms with van der Waals surface area (Å²) >= 11 is 0. The maximum Gasteiger partial charge on any atom is 0.315 e. The second-order valence-electron chi connectivity index (χ2n) is 9.28. The summed E-state index contributed by atoms with van der Waals surface area (Å²) in [6.07, 6.45) is 2.33. The first kappa shape index (κ1) is 30.4. The summed E-state index contributed by atoms with van der Waals surface area (Å²) < 4.78 is 28.1. The summed E-state index contributed by atoms with van der Waals surface area (Å²) in [4.78, 5) is 47.5. The Bertz CT molecular complexity index is 991. The fourth-order valence-corrected chi connectivity index (χ4v) is 4.91. The maximum absolute atomic E-state index is 12.8. The zero-order chi connectivity index (χ0) is 26.6. The topological polar surface area (TPSA) is 139 Å². The van der Waals surface area contributed by atoms with Gasteiger partial charge in [0.25, 0.3) is 0 Å². The van der Waals surface area contributed by atoms with Gasteiger partial charge in [0.1, 0.15) is 5.78 Å². The fourth-order valence-electron chi connectivity index (χ4n) is 3.59. The van der Waals surface area contributed by atoms with Crippen LogP contribution in [0.4, 0.5) is 4.79 Å². The molecule has 0 bridgehead atoms. The van der Waals surface area contributed by atoms with Gasteiger partial charge in [0.2, 0.25) is 10.0 Å². The van der Waals surface area contributed by atoms with Gasteiger partial charge in [-0.25, -0.2) is 17.9 Å². The van der Waals surface area contributed by atoms with Crippen LogP contribution in [0, 0.1) is 5.92 Å². The van der Waals surface area contributed by atoms with E-state index < -0.39 is 28.1 Å². The van der Waals surface area contributed by atoms with E-state index in [2.05, 4.69) is 15.4 Å². The highest BCUT2D eigenvalue weighted by Gasteiger charge is 2.22. The molecule has 2 atom stereocenters. The summed E-state index contributed by atoms with van der Waals surface area (Å²) in [5.41, 5.74) is 0.772. The van der Waals surface area contributed by atoms with Crippen molar-refractivity contribution >= 4 is 33.4 Å². The van der Waals surface area contributed by atoms with Crippen LogP contribution in [0.3, 0.4) is 0 Å². The standard InChI is InChI=1S/C25H39N3O6S/c1-17(2)16-21-10-6-7-12-24(21)35(33,34)26-15-9-8-11-22(19(4)30)27-25(32)28-23(20(5)31)14-13-18(3)29/h6-7,10,12,17,22-23,26H,8-9,11,13-16H2,1-5H3,(H2,27,28,32). The lowest BCUT2D eigenvalue weighted by molar-refractivity contribution is -0.120. The number of hydrogen-bond donors (Lipinski definition) is 3. The Morgan fingerprint density at radius 2 is 1.43 bits per heavy atom. The van der Waals surface area contributed by atoms with E-state index in [0.717, 1.165) is 5.56 Å². The normalized spacial score (nSPS) is 13.2. The van der Waals surface area contributed by atoms with E-state index in [9.17, 15) is 27.6 Å². The molecule has 0 fully saturated rings. The number of Topliss-reactive ketones (excluding diaryl/α,β-unsaturated/α-hetero) is 3. The first-order valence-corrected chi connectivity index (χ1v) is 13.5. The van der Waals surface area contributed by atoms with E-state index in [1.54, 1.807) is 12.1 Å². The molecule has 1 aromatic rings. The number of nitrogens with one attached hydrogen (secondary N) is 3. The summed E-state index contributed by atoms with van der Waals surface area (Å²) in [5.74, 6) is -0.284. The molecule has 35 heavy (non-hydrogen) atoms. The molecule has 0 aliphatic rings. The van der Waals surface area contributed by atoms with Crippen LogP contribution in [0.25, 0.3) is 0 Å². The van der Waals surface area contributed by atoms with Crippen molar-refractivity contribution in [3.05, 3.63) is 29.8 Å². The molecule has 0 saturated carbocycles. The van der Waals surface area contributed by atoms with E-state index in [4.69, 9.17) is 0 Å². The predicted octanol–water partition coefficient (Wildman–Crippen LogP) is 2.92. The minimum Gasteiger partial charge on any atom is -0.328 e. The number of carbonyl (C=O) groups excluding carboxylic acids is 4. The third kappa shape index (κ3) is 11.6. The lowest BCUT2D eigenvalue weighted by Gasteiger charge is -2.20. The molecule has 0 aliphatic heterocycles. The van der Waals surface area contributed by atoms with Gasteiger partial charge in [0.15, 0.2) is 11.6 Å². The smallest absolute Gasteiger partial charge is 0.315 e. The quantitative estimate of drug-likeness (QED) is 0.293. The molecule has 2 unspecified atom stereocenters. The van der Waals surface area contributed by atoms with Gasteiger partial charge in [-0.2, -0.15) is 0 Å². The van der Waals surface area contributed by atoms with Crippen LogP contribution in [0.15, 0.2) is 29.2 Å². The highest BCUT2D eigenvalue weighted by atomic mass is 32.2. The van der Waals surface area contributed by atoms with E-state index in [1.165, 1.54) is 20.8 Å². The summed E-state index contributed by atoms with van der Waals surface area (Å²) in [7, 11) is -3.66. The number of sulfonamides is 1. The van der Waals surface area contributed by atoms with Crippen molar-refractivity contribution in [1.82, 2.24) is 15.4 Å². The van der Waals surface area contributed by atoms with Crippen molar-refractivity contribution in [2.75, 3.05) is 6.54 Å². The molecule has 0 aromatic heterocycles. The second-order valence-corrected chi connectivity index (χ2v) is 11.0. The molecule has 10 heteroatoms. The molecule has 3 N–H and O–H groups in total. The van der Waals surface area contributed by atoms with Gasteiger partial charge < -0.3 is 15.4 Å². The average Bonchev–Trinajstić information content (AvgIpc) is 2.74. The van der Waals surface area contributed by atoms with Crippen molar-refractivity contribution in [3.63, 3.8) is 0 Å². The van der Waals surface area contributed by atoms with Gasteiger partial charge in [-0.1, -0.05) is 32.0 Å². The van der Waals surface area contributed by atoms with Gasteiger partial charge in [-0.05, 0) is 70.4 Å². The highest BCUT2D eigenvalue weighted by Crippen LogP contribution is 2.19. The zero-order valence-electron chi connectivity index (χ0n) is 21.3. The Labute approximate surface area is 208 Å². The van der Waals surface area contributed by atoms with Gasteiger partial charge in [0.05, 0.1) is 17.0 Å². The van der Waals surface area contributed by atoms with Gasteiger partial charge >= 0.3 is 6.03 Å². The minimum atomic E-state index is -3.66. The molecule has 0 radical (unpaired) electrons. The Hall–Kier alpha value is -2.59. The van der Waals surface area contributed by atoms with E-state index in [0.29, 0.717) is 31.6 Å². The van der Waals surface area contributed by atoms with Crippen LogP contribution >= 0.6 is 0 Å². The van der Waals surface area contributed by atoms with Gasteiger partial charge in [0, 0.05) is 13.0 Å². The van der Waals surface area contributed by atoms with Crippen molar-refractivity contribution in [3.8, 4) is 0 Å². The Morgan fingerprint density at radius 1 is 0.857 bits per heavy atom. The molecule has 0 saturated heterocycles. The molecule has 1 aromatic carbocycles. The molecule has 0 spiro atoms. The predicted molar refractivity (Wildman–Crippen MR) is 135 cm³/mol. The molecule has 2 amide bonds.